The molecule has 0 unspecified atom stereocenters. The van der Waals surface area contributed by atoms with E-state index in [0.717, 1.165) is 14.9 Å². The van der Waals surface area contributed by atoms with Crippen LogP contribution in [0.1, 0.15) is 10.4 Å². The summed E-state index contributed by atoms with van der Waals surface area (Å²) in [5.74, 6) is -0.821. The van der Waals surface area contributed by atoms with Crippen LogP contribution < -0.4 is 0 Å². The van der Waals surface area contributed by atoms with Crippen LogP contribution in [0.5, 0.6) is 0 Å². The molecule has 2 rings (SSSR count). The predicted octanol–water partition coefficient (Wildman–Crippen LogP) is 4.00. The molecule has 2 nitrogen and oxygen atoms in total. The Kier molecular flexibility index (Phi) is 3.99. The van der Waals surface area contributed by atoms with Gasteiger partial charge < -0.3 is 9.47 Å². The summed E-state index contributed by atoms with van der Waals surface area (Å²) in [5.41, 5.74) is 0.986. The minimum absolute atomic E-state index is 0.821. The van der Waals surface area contributed by atoms with Crippen LogP contribution in [0.25, 0.3) is 0 Å². The molecule has 0 aliphatic carbocycles. The van der Waals surface area contributed by atoms with Crippen LogP contribution in [0.2, 0.25) is 0 Å². The molecule has 1 aromatic carbocycles. The quantitative estimate of drug-likeness (QED) is 0.794. The molecule has 0 aliphatic heterocycles. The molecule has 90 valence electrons. The zero-order valence-electron chi connectivity index (χ0n) is 9.64. The minimum atomic E-state index is -0.821. The molecule has 0 amide bonds. The van der Waals surface area contributed by atoms with Gasteiger partial charge in [0.2, 0.25) is 5.79 Å². The number of methoxy groups -OCH3 is 2. The van der Waals surface area contributed by atoms with Gasteiger partial charge in [0.1, 0.15) is 0 Å². The molecule has 0 saturated carbocycles. The fourth-order valence-electron chi connectivity index (χ4n) is 1.81. The van der Waals surface area contributed by atoms with Gasteiger partial charge >= 0.3 is 0 Å². The van der Waals surface area contributed by atoms with Crippen molar-refractivity contribution in [2.24, 2.45) is 0 Å². The van der Waals surface area contributed by atoms with Gasteiger partial charge in [0.05, 0.1) is 4.88 Å². The van der Waals surface area contributed by atoms with E-state index in [1.807, 2.05) is 41.8 Å². The Morgan fingerprint density at radius 3 is 2.24 bits per heavy atom. The maximum atomic E-state index is 5.64. The molecule has 1 heterocycles. The van der Waals surface area contributed by atoms with Crippen molar-refractivity contribution in [2.75, 3.05) is 14.2 Å². The fraction of sp³-hybridized carbons (Fsp3) is 0.231. The van der Waals surface area contributed by atoms with Crippen LogP contribution in [0, 0.1) is 0 Å². The first-order valence-corrected chi connectivity index (χ1v) is 6.80. The molecule has 0 radical (unpaired) electrons. The van der Waals surface area contributed by atoms with Crippen LogP contribution in [-0.2, 0) is 15.3 Å². The van der Waals surface area contributed by atoms with E-state index in [1.54, 1.807) is 25.6 Å². The van der Waals surface area contributed by atoms with Crippen molar-refractivity contribution in [1.82, 2.24) is 0 Å². The lowest BCUT2D eigenvalue weighted by Crippen LogP contribution is -2.31. The normalized spacial score (nSPS) is 11.7. The standard InChI is InChI=1S/C13H13BrO2S/c1-15-13(16-2,10-6-4-3-5-7-10)12-8-11(14)9-17-12/h3-9H,1-2H3. The number of rotatable bonds is 4. The largest absolute Gasteiger partial charge is 0.345 e. The average molecular weight is 313 g/mol. The molecule has 1 aromatic heterocycles. The Bertz CT molecular complexity index is 477. The van der Waals surface area contributed by atoms with Crippen molar-refractivity contribution in [1.29, 1.82) is 0 Å². The van der Waals surface area contributed by atoms with Crippen LogP contribution in [0.15, 0.2) is 46.3 Å². The van der Waals surface area contributed by atoms with E-state index in [0.29, 0.717) is 0 Å². The highest BCUT2D eigenvalue weighted by Gasteiger charge is 2.35. The molecule has 0 atom stereocenters. The molecule has 0 aliphatic rings. The molecule has 2 aromatic rings. The number of halogens is 1. The van der Waals surface area contributed by atoms with E-state index in [4.69, 9.17) is 9.47 Å². The van der Waals surface area contributed by atoms with E-state index >= 15 is 0 Å². The lowest BCUT2D eigenvalue weighted by molar-refractivity contribution is -0.181. The summed E-state index contributed by atoms with van der Waals surface area (Å²) in [5, 5.41) is 2.02. The first kappa shape index (κ1) is 12.8. The van der Waals surface area contributed by atoms with Gasteiger partial charge in [-0.15, -0.1) is 11.3 Å². The van der Waals surface area contributed by atoms with Crippen LogP contribution in [-0.4, -0.2) is 14.2 Å². The monoisotopic (exact) mass is 312 g/mol. The summed E-state index contributed by atoms with van der Waals surface area (Å²) < 4.78 is 12.3. The second kappa shape index (κ2) is 5.31. The molecule has 0 bridgehead atoms. The Balaban J connectivity index is 2.53. The number of hydrogen-bond acceptors (Lipinski definition) is 3. The van der Waals surface area contributed by atoms with Crippen molar-refractivity contribution < 1.29 is 9.47 Å². The Morgan fingerprint density at radius 2 is 1.76 bits per heavy atom. The highest BCUT2D eigenvalue weighted by atomic mass is 79.9. The number of thiophene rings is 1. The van der Waals surface area contributed by atoms with E-state index in [2.05, 4.69) is 15.9 Å². The lowest BCUT2D eigenvalue weighted by Gasteiger charge is -2.30. The van der Waals surface area contributed by atoms with Gasteiger partial charge in [-0.2, -0.15) is 0 Å². The summed E-state index contributed by atoms with van der Waals surface area (Å²) in [7, 11) is 3.31. The molecular formula is C13H13BrO2S. The smallest absolute Gasteiger partial charge is 0.231 e. The molecule has 4 heteroatoms. The van der Waals surface area contributed by atoms with Crippen molar-refractivity contribution in [3.63, 3.8) is 0 Å². The maximum Gasteiger partial charge on any atom is 0.231 e. The van der Waals surface area contributed by atoms with Gasteiger partial charge in [0, 0.05) is 29.6 Å². The zero-order chi connectivity index (χ0) is 12.3. The maximum absolute atomic E-state index is 5.64. The molecule has 0 spiro atoms. The third-order valence-corrected chi connectivity index (χ3v) is 4.39. The van der Waals surface area contributed by atoms with Crippen molar-refractivity contribution >= 4 is 27.3 Å². The van der Waals surface area contributed by atoms with Gasteiger partial charge in [-0.05, 0) is 22.0 Å². The molecule has 0 saturated heterocycles. The third kappa shape index (κ3) is 2.31. The summed E-state index contributed by atoms with van der Waals surface area (Å²) in [6.45, 7) is 0. The summed E-state index contributed by atoms with van der Waals surface area (Å²) in [4.78, 5) is 1.01. The van der Waals surface area contributed by atoms with E-state index in [1.165, 1.54) is 0 Å². The summed E-state index contributed by atoms with van der Waals surface area (Å²) >= 11 is 5.06. The third-order valence-electron chi connectivity index (χ3n) is 2.62. The fourth-order valence-corrected chi connectivity index (χ4v) is 3.41. The Hall–Kier alpha value is -0.680. The summed E-state index contributed by atoms with van der Waals surface area (Å²) in [6, 6.07) is 11.9. The first-order valence-electron chi connectivity index (χ1n) is 5.13. The number of hydrogen-bond donors (Lipinski definition) is 0. The lowest BCUT2D eigenvalue weighted by atomic mass is 10.0. The van der Waals surface area contributed by atoms with Gasteiger partial charge in [-0.3, -0.25) is 0 Å². The zero-order valence-corrected chi connectivity index (χ0v) is 12.0. The second-order valence-electron chi connectivity index (χ2n) is 3.52. The van der Waals surface area contributed by atoms with Gasteiger partial charge in [-0.1, -0.05) is 30.3 Å². The van der Waals surface area contributed by atoms with Gasteiger partial charge in [0.25, 0.3) is 0 Å². The molecule has 0 N–H and O–H groups in total. The van der Waals surface area contributed by atoms with E-state index in [-0.39, 0.29) is 0 Å². The second-order valence-corrected chi connectivity index (χ2v) is 5.35. The molecular weight excluding hydrogens is 300 g/mol. The van der Waals surface area contributed by atoms with E-state index in [9.17, 15) is 0 Å². The van der Waals surface area contributed by atoms with Crippen LogP contribution >= 0.6 is 27.3 Å². The highest BCUT2D eigenvalue weighted by molar-refractivity contribution is 9.10. The van der Waals surface area contributed by atoms with Crippen LogP contribution in [0.3, 0.4) is 0 Å². The van der Waals surface area contributed by atoms with E-state index < -0.39 is 5.79 Å². The van der Waals surface area contributed by atoms with Crippen molar-refractivity contribution in [3.8, 4) is 0 Å². The molecule has 0 fully saturated rings. The van der Waals surface area contributed by atoms with Crippen LogP contribution in [0.4, 0.5) is 0 Å². The van der Waals surface area contributed by atoms with Gasteiger partial charge in [-0.25, -0.2) is 0 Å². The number of ether oxygens (including phenoxy) is 2. The predicted molar refractivity (Wildman–Crippen MR) is 73.3 cm³/mol. The topological polar surface area (TPSA) is 18.5 Å². The van der Waals surface area contributed by atoms with Crippen molar-refractivity contribution in [3.05, 3.63) is 56.7 Å². The molecule has 17 heavy (non-hydrogen) atoms. The SMILES string of the molecule is COC(OC)(c1ccccc1)c1cc(Br)cs1. The average Bonchev–Trinajstić information content (AvgIpc) is 2.80. The Labute approximate surface area is 113 Å². The minimum Gasteiger partial charge on any atom is -0.345 e. The highest BCUT2D eigenvalue weighted by Crippen LogP contribution is 2.38. The summed E-state index contributed by atoms with van der Waals surface area (Å²) in [6.07, 6.45) is 0. The van der Waals surface area contributed by atoms with Crippen molar-refractivity contribution in [2.45, 2.75) is 5.79 Å². The number of benzene rings is 1. The first-order chi connectivity index (χ1) is 8.23. The Morgan fingerprint density at radius 1 is 1.12 bits per heavy atom. The van der Waals surface area contributed by atoms with Gasteiger partial charge in [0.15, 0.2) is 0 Å².